The van der Waals surface area contributed by atoms with Crippen LogP contribution in [-0.2, 0) is 0 Å². The molecule has 0 saturated carbocycles. The van der Waals surface area contributed by atoms with Crippen LogP contribution in [0.2, 0.25) is 0 Å². The fourth-order valence-corrected chi connectivity index (χ4v) is 3.15. The van der Waals surface area contributed by atoms with Crippen molar-refractivity contribution in [3.63, 3.8) is 0 Å². The predicted octanol–water partition coefficient (Wildman–Crippen LogP) is 2.87. The molecule has 3 heteroatoms. The van der Waals surface area contributed by atoms with Crippen LogP contribution in [0.5, 0.6) is 5.75 Å². The van der Waals surface area contributed by atoms with Crippen molar-refractivity contribution < 1.29 is 5.11 Å². The first kappa shape index (κ1) is 11.8. The van der Waals surface area contributed by atoms with Gasteiger partial charge in [0, 0.05) is 4.90 Å². The number of rotatable bonds is 4. The number of thioether (sulfide) groups is 1. The van der Waals surface area contributed by atoms with Crippen molar-refractivity contribution in [1.82, 2.24) is 5.32 Å². The van der Waals surface area contributed by atoms with Crippen molar-refractivity contribution in [3.05, 3.63) is 24.3 Å². The van der Waals surface area contributed by atoms with Gasteiger partial charge in [0.05, 0.1) is 0 Å². The van der Waals surface area contributed by atoms with Gasteiger partial charge in [-0.05, 0) is 56.2 Å². The fraction of sp³-hybridized carbons (Fsp3) is 0.538. The molecule has 1 aromatic carbocycles. The summed E-state index contributed by atoms with van der Waals surface area (Å²) in [5.41, 5.74) is 0. The van der Waals surface area contributed by atoms with Crippen LogP contribution in [-0.4, -0.2) is 23.9 Å². The van der Waals surface area contributed by atoms with Crippen molar-refractivity contribution in [2.75, 3.05) is 18.8 Å². The van der Waals surface area contributed by atoms with E-state index >= 15 is 0 Å². The molecule has 0 radical (unpaired) electrons. The second-order valence-corrected chi connectivity index (χ2v) is 5.45. The minimum atomic E-state index is 0.411. The van der Waals surface area contributed by atoms with Crippen LogP contribution in [0.3, 0.4) is 0 Å². The molecule has 0 aromatic heterocycles. The Morgan fingerprint density at radius 1 is 1.38 bits per heavy atom. The van der Waals surface area contributed by atoms with E-state index in [-0.39, 0.29) is 0 Å². The molecule has 1 unspecified atom stereocenters. The summed E-state index contributed by atoms with van der Waals surface area (Å²) in [4.78, 5) is 1.01. The Morgan fingerprint density at radius 2 is 2.25 bits per heavy atom. The van der Waals surface area contributed by atoms with E-state index in [0.717, 1.165) is 16.6 Å². The molecule has 0 amide bonds. The Hall–Kier alpha value is -0.670. The highest BCUT2D eigenvalue weighted by Crippen LogP contribution is 2.29. The largest absolute Gasteiger partial charge is 0.507 e. The van der Waals surface area contributed by atoms with Gasteiger partial charge in [-0.15, -0.1) is 11.8 Å². The number of nitrogens with one attached hydrogen (secondary N) is 1. The monoisotopic (exact) mass is 237 g/mol. The van der Waals surface area contributed by atoms with E-state index in [4.69, 9.17) is 0 Å². The van der Waals surface area contributed by atoms with Crippen LogP contribution in [0.4, 0.5) is 0 Å². The van der Waals surface area contributed by atoms with Crippen LogP contribution in [0.1, 0.15) is 19.3 Å². The normalized spacial score (nSPS) is 20.9. The summed E-state index contributed by atoms with van der Waals surface area (Å²) in [6.07, 6.45) is 3.91. The van der Waals surface area contributed by atoms with Crippen LogP contribution in [0, 0.1) is 5.92 Å². The molecule has 1 fully saturated rings. The third-order valence-electron chi connectivity index (χ3n) is 3.05. The zero-order valence-electron chi connectivity index (χ0n) is 9.48. The second-order valence-electron chi connectivity index (χ2n) is 4.32. The first-order chi connectivity index (χ1) is 7.86. The molecular formula is C13H19NOS. The third kappa shape index (κ3) is 3.42. The van der Waals surface area contributed by atoms with E-state index in [1.165, 1.54) is 32.4 Å². The van der Waals surface area contributed by atoms with E-state index in [0.29, 0.717) is 5.75 Å². The number of phenols is 1. The van der Waals surface area contributed by atoms with E-state index in [2.05, 4.69) is 5.32 Å². The Kier molecular flexibility index (Phi) is 4.55. The maximum absolute atomic E-state index is 9.61. The number of phenolic OH excluding ortho intramolecular Hbond substituents is 1. The lowest BCUT2D eigenvalue weighted by Gasteiger charge is -2.22. The Bertz CT molecular complexity index is 323. The predicted molar refractivity (Wildman–Crippen MR) is 69.0 cm³/mol. The molecule has 1 saturated heterocycles. The molecular weight excluding hydrogens is 218 g/mol. The summed E-state index contributed by atoms with van der Waals surface area (Å²) in [6.45, 7) is 2.35. The summed E-state index contributed by atoms with van der Waals surface area (Å²) in [5, 5.41) is 13.1. The summed E-state index contributed by atoms with van der Waals surface area (Å²) in [7, 11) is 0. The summed E-state index contributed by atoms with van der Waals surface area (Å²) >= 11 is 1.76. The molecule has 2 nitrogen and oxygen atoms in total. The van der Waals surface area contributed by atoms with E-state index < -0.39 is 0 Å². The van der Waals surface area contributed by atoms with Crippen LogP contribution < -0.4 is 5.32 Å². The summed E-state index contributed by atoms with van der Waals surface area (Å²) in [5.74, 6) is 2.34. The van der Waals surface area contributed by atoms with Crippen molar-refractivity contribution in [3.8, 4) is 5.75 Å². The number of hydrogen-bond donors (Lipinski definition) is 2. The maximum Gasteiger partial charge on any atom is 0.129 e. The molecule has 1 atom stereocenters. The lowest BCUT2D eigenvalue weighted by atomic mass is 9.97. The van der Waals surface area contributed by atoms with Crippen molar-refractivity contribution in [2.24, 2.45) is 5.92 Å². The Balaban J connectivity index is 1.73. The maximum atomic E-state index is 9.61. The zero-order valence-corrected chi connectivity index (χ0v) is 10.3. The average molecular weight is 237 g/mol. The minimum Gasteiger partial charge on any atom is -0.507 e. The SMILES string of the molecule is Oc1ccccc1SCCC1CCCNC1. The van der Waals surface area contributed by atoms with Crippen molar-refractivity contribution >= 4 is 11.8 Å². The fourth-order valence-electron chi connectivity index (χ4n) is 2.09. The van der Waals surface area contributed by atoms with Crippen molar-refractivity contribution in [2.45, 2.75) is 24.2 Å². The first-order valence-corrected chi connectivity index (χ1v) is 6.96. The second kappa shape index (κ2) is 6.16. The molecule has 0 spiro atoms. The van der Waals surface area contributed by atoms with Gasteiger partial charge in [-0.3, -0.25) is 0 Å². The topological polar surface area (TPSA) is 32.3 Å². The smallest absolute Gasteiger partial charge is 0.129 e. The van der Waals surface area contributed by atoms with Gasteiger partial charge in [0.15, 0.2) is 0 Å². The Morgan fingerprint density at radius 3 is 3.00 bits per heavy atom. The molecule has 1 aliphatic heterocycles. The third-order valence-corrected chi connectivity index (χ3v) is 4.14. The highest BCUT2D eigenvalue weighted by atomic mass is 32.2. The number of piperidine rings is 1. The molecule has 0 aliphatic carbocycles. The highest BCUT2D eigenvalue weighted by Gasteiger charge is 2.12. The lowest BCUT2D eigenvalue weighted by Crippen LogP contribution is -2.29. The average Bonchev–Trinajstić information content (AvgIpc) is 2.33. The van der Waals surface area contributed by atoms with Crippen LogP contribution in [0.15, 0.2) is 29.2 Å². The summed E-state index contributed by atoms with van der Waals surface area (Å²) < 4.78 is 0. The van der Waals surface area contributed by atoms with Gasteiger partial charge >= 0.3 is 0 Å². The van der Waals surface area contributed by atoms with Crippen molar-refractivity contribution in [1.29, 1.82) is 0 Å². The molecule has 0 bridgehead atoms. The zero-order chi connectivity index (χ0) is 11.2. The van der Waals surface area contributed by atoms with Gasteiger partial charge in [-0.1, -0.05) is 12.1 Å². The summed E-state index contributed by atoms with van der Waals surface area (Å²) in [6, 6.07) is 7.58. The molecule has 2 rings (SSSR count). The lowest BCUT2D eigenvalue weighted by molar-refractivity contribution is 0.371. The highest BCUT2D eigenvalue weighted by molar-refractivity contribution is 7.99. The van der Waals surface area contributed by atoms with E-state index in [9.17, 15) is 5.11 Å². The molecule has 1 heterocycles. The number of benzene rings is 1. The molecule has 88 valence electrons. The van der Waals surface area contributed by atoms with E-state index in [1.807, 2.05) is 18.2 Å². The number of hydrogen-bond acceptors (Lipinski definition) is 3. The standard InChI is InChI=1S/C13H19NOS/c15-12-5-1-2-6-13(12)16-9-7-11-4-3-8-14-10-11/h1-2,5-6,11,14-15H,3-4,7-10H2. The first-order valence-electron chi connectivity index (χ1n) is 5.98. The van der Waals surface area contributed by atoms with Gasteiger partial charge in [-0.2, -0.15) is 0 Å². The van der Waals surface area contributed by atoms with Gasteiger partial charge in [0.25, 0.3) is 0 Å². The molecule has 2 N–H and O–H groups in total. The molecule has 16 heavy (non-hydrogen) atoms. The van der Waals surface area contributed by atoms with Crippen LogP contribution >= 0.6 is 11.8 Å². The van der Waals surface area contributed by atoms with Gasteiger partial charge in [0.1, 0.15) is 5.75 Å². The van der Waals surface area contributed by atoms with E-state index in [1.54, 1.807) is 17.8 Å². The quantitative estimate of drug-likeness (QED) is 0.790. The van der Waals surface area contributed by atoms with Gasteiger partial charge in [0.2, 0.25) is 0 Å². The molecule has 1 aliphatic rings. The number of para-hydroxylation sites is 1. The minimum absolute atomic E-state index is 0.411. The van der Waals surface area contributed by atoms with Gasteiger partial charge in [-0.25, -0.2) is 0 Å². The number of aromatic hydroxyl groups is 1. The van der Waals surface area contributed by atoms with Gasteiger partial charge < -0.3 is 10.4 Å². The molecule has 1 aromatic rings. The Labute approximate surface area is 101 Å². The van der Waals surface area contributed by atoms with Crippen LogP contribution in [0.25, 0.3) is 0 Å².